The van der Waals surface area contributed by atoms with E-state index < -0.39 is 5.82 Å². The lowest BCUT2D eigenvalue weighted by atomic mass is 9.93. The predicted molar refractivity (Wildman–Crippen MR) is 63.6 cm³/mol. The summed E-state index contributed by atoms with van der Waals surface area (Å²) in [5.41, 5.74) is 0.0319. The fraction of sp³-hybridized carbons (Fsp3) is 0.462. The zero-order chi connectivity index (χ0) is 13.1. The summed E-state index contributed by atoms with van der Waals surface area (Å²) in [6, 6.07) is 1.39. The number of carbonyl (C=O) groups excluding carboxylic acids is 2. The van der Waals surface area contributed by atoms with Crippen molar-refractivity contribution in [1.29, 1.82) is 0 Å². The minimum absolute atomic E-state index is 0.0164. The van der Waals surface area contributed by atoms with Crippen molar-refractivity contribution in [1.82, 2.24) is 9.88 Å². The van der Waals surface area contributed by atoms with Gasteiger partial charge in [0.1, 0.15) is 5.78 Å². The molecule has 1 fully saturated rings. The van der Waals surface area contributed by atoms with Crippen LogP contribution >= 0.6 is 0 Å². The van der Waals surface area contributed by atoms with Crippen molar-refractivity contribution in [2.24, 2.45) is 0 Å². The molecule has 1 amide bonds. The number of rotatable bonds is 2. The van der Waals surface area contributed by atoms with Gasteiger partial charge in [-0.3, -0.25) is 14.6 Å². The van der Waals surface area contributed by atoms with Crippen LogP contribution in [0, 0.1) is 5.82 Å². The van der Waals surface area contributed by atoms with Crippen molar-refractivity contribution < 1.29 is 14.0 Å². The second-order valence-electron chi connectivity index (χ2n) is 4.54. The topological polar surface area (TPSA) is 50.3 Å². The Morgan fingerprint density at radius 1 is 1.44 bits per heavy atom. The van der Waals surface area contributed by atoms with Gasteiger partial charge in [0.2, 0.25) is 0 Å². The molecule has 96 valence electrons. The van der Waals surface area contributed by atoms with Gasteiger partial charge >= 0.3 is 0 Å². The molecule has 1 saturated carbocycles. The van der Waals surface area contributed by atoms with Gasteiger partial charge in [0, 0.05) is 32.1 Å². The maximum absolute atomic E-state index is 13.5. The van der Waals surface area contributed by atoms with E-state index in [1.165, 1.54) is 17.2 Å². The summed E-state index contributed by atoms with van der Waals surface area (Å²) in [7, 11) is 1.66. The van der Waals surface area contributed by atoms with Crippen LogP contribution in [0.2, 0.25) is 0 Å². The molecule has 18 heavy (non-hydrogen) atoms. The number of hydrogen-bond acceptors (Lipinski definition) is 3. The SMILES string of the molecule is CN(C(=O)c1ccncc1F)C1CCC(=O)CC1. The first kappa shape index (κ1) is 12.7. The third-order valence-electron chi connectivity index (χ3n) is 3.38. The molecule has 4 nitrogen and oxygen atoms in total. The molecular formula is C13H15FN2O2. The predicted octanol–water partition coefficient (Wildman–Crippen LogP) is 1.80. The number of halogens is 1. The Hall–Kier alpha value is -1.78. The van der Waals surface area contributed by atoms with Gasteiger partial charge in [-0.1, -0.05) is 0 Å². The smallest absolute Gasteiger partial charge is 0.256 e. The molecule has 1 aliphatic rings. The van der Waals surface area contributed by atoms with E-state index in [0.717, 1.165) is 6.20 Å². The van der Waals surface area contributed by atoms with E-state index in [1.54, 1.807) is 7.05 Å². The molecule has 0 aliphatic heterocycles. The molecule has 1 aliphatic carbocycles. The van der Waals surface area contributed by atoms with E-state index >= 15 is 0 Å². The molecule has 1 heterocycles. The molecule has 5 heteroatoms. The standard InChI is InChI=1S/C13H15FN2O2/c1-16(9-2-4-10(17)5-3-9)13(18)11-6-7-15-8-12(11)14/h6-9H,2-5H2,1H3. The Morgan fingerprint density at radius 2 is 2.11 bits per heavy atom. The van der Waals surface area contributed by atoms with Gasteiger partial charge in [-0.15, -0.1) is 0 Å². The van der Waals surface area contributed by atoms with Crippen LogP contribution in [-0.2, 0) is 4.79 Å². The molecular weight excluding hydrogens is 235 g/mol. The van der Waals surface area contributed by atoms with Crippen LogP contribution in [0.4, 0.5) is 4.39 Å². The second-order valence-corrected chi connectivity index (χ2v) is 4.54. The number of pyridine rings is 1. The third kappa shape index (κ3) is 2.55. The van der Waals surface area contributed by atoms with Crippen molar-refractivity contribution in [2.45, 2.75) is 31.7 Å². The number of nitrogens with zero attached hydrogens (tertiary/aromatic N) is 2. The molecule has 0 atom stereocenters. The largest absolute Gasteiger partial charge is 0.339 e. The Balaban J connectivity index is 2.09. The maximum Gasteiger partial charge on any atom is 0.256 e. The van der Waals surface area contributed by atoms with Crippen LogP contribution in [0.1, 0.15) is 36.0 Å². The molecule has 0 saturated heterocycles. The molecule has 2 rings (SSSR count). The van der Waals surface area contributed by atoms with Gasteiger partial charge in [-0.05, 0) is 18.9 Å². The van der Waals surface area contributed by atoms with Crippen molar-refractivity contribution >= 4 is 11.7 Å². The fourth-order valence-corrected chi connectivity index (χ4v) is 2.22. The Bertz CT molecular complexity index is 466. The monoisotopic (exact) mass is 250 g/mol. The molecule has 0 bridgehead atoms. The molecule has 0 aromatic carbocycles. The van der Waals surface area contributed by atoms with Gasteiger partial charge in [-0.25, -0.2) is 4.39 Å². The van der Waals surface area contributed by atoms with Crippen molar-refractivity contribution in [3.63, 3.8) is 0 Å². The average molecular weight is 250 g/mol. The lowest BCUT2D eigenvalue weighted by molar-refractivity contribution is -0.121. The van der Waals surface area contributed by atoms with Gasteiger partial charge in [0.05, 0.1) is 11.8 Å². The average Bonchev–Trinajstić information content (AvgIpc) is 2.38. The summed E-state index contributed by atoms with van der Waals surface area (Å²) in [5.74, 6) is -0.724. The summed E-state index contributed by atoms with van der Waals surface area (Å²) in [6.07, 6.45) is 4.75. The molecule has 0 unspecified atom stereocenters. The van der Waals surface area contributed by atoms with Crippen LogP contribution in [0.15, 0.2) is 18.5 Å². The van der Waals surface area contributed by atoms with Gasteiger partial charge in [0.25, 0.3) is 5.91 Å². The van der Waals surface area contributed by atoms with E-state index in [1.807, 2.05) is 0 Å². The highest BCUT2D eigenvalue weighted by atomic mass is 19.1. The first-order valence-electron chi connectivity index (χ1n) is 5.98. The molecule has 0 radical (unpaired) electrons. The number of amides is 1. The minimum atomic E-state index is -0.610. The van der Waals surface area contributed by atoms with Gasteiger partial charge in [0.15, 0.2) is 5.82 Å². The zero-order valence-electron chi connectivity index (χ0n) is 10.2. The summed E-state index contributed by atoms with van der Waals surface area (Å²) in [4.78, 5) is 28.4. The first-order valence-corrected chi connectivity index (χ1v) is 5.98. The number of hydrogen-bond donors (Lipinski definition) is 0. The van der Waals surface area contributed by atoms with Crippen LogP contribution in [0.3, 0.4) is 0 Å². The van der Waals surface area contributed by atoms with E-state index in [9.17, 15) is 14.0 Å². The van der Waals surface area contributed by atoms with E-state index in [0.29, 0.717) is 25.7 Å². The van der Waals surface area contributed by atoms with E-state index in [4.69, 9.17) is 0 Å². The molecule has 0 spiro atoms. The normalized spacial score (nSPS) is 16.7. The van der Waals surface area contributed by atoms with Crippen LogP contribution < -0.4 is 0 Å². The lowest BCUT2D eigenvalue weighted by Gasteiger charge is -2.30. The summed E-state index contributed by atoms with van der Waals surface area (Å²) < 4.78 is 13.5. The first-order chi connectivity index (χ1) is 8.59. The van der Waals surface area contributed by atoms with Crippen LogP contribution in [0.25, 0.3) is 0 Å². The highest BCUT2D eigenvalue weighted by Gasteiger charge is 2.26. The summed E-state index contributed by atoms with van der Waals surface area (Å²) in [6.45, 7) is 0. The third-order valence-corrected chi connectivity index (χ3v) is 3.38. The summed E-state index contributed by atoms with van der Waals surface area (Å²) >= 11 is 0. The quantitative estimate of drug-likeness (QED) is 0.804. The van der Waals surface area contributed by atoms with Gasteiger partial charge < -0.3 is 4.90 Å². The second kappa shape index (κ2) is 5.25. The molecule has 0 N–H and O–H groups in total. The summed E-state index contributed by atoms with van der Waals surface area (Å²) in [5, 5.41) is 0. The van der Waals surface area contributed by atoms with Crippen molar-refractivity contribution in [2.75, 3.05) is 7.05 Å². The molecule has 1 aromatic heterocycles. The van der Waals surface area contributed by atoms with Crippen molar-refractivity contribution in [3.8, 4) is 0 Å². The minimum Gasteiger partial charge on any atom is -0.339 e. The fourth-order valence-electron chi connectivity index (χ4n) is 2.22. The Kier molecular flexibility index (Phi) is 3.69. The molecule has 1 aromatic rings. The Labute approximate surface area is 105 Å². The van der Waals surface area contributed by atoms with Crippen LogP contribution in [-0.4, -0.2) is 34.7 Å². The lowest BCUT2D eigenvalue weighted by Crippen LogP contribution is -2.39. The Morgan fingerprint density at radius 3 is 2.72 bits per heavy atom. The van der Waals surface area contributed by atoms with E-state index in [-0.39, 0.29) is 23.3 Å². The van der Waals surface area contributed by atoms with Crippen molar-refractivity contribution in [3.05, 3.63) is 29.8 Å². The number of aromatic nitrogens is 1. The number of Topliss-reactive ketones (excluding diaryl/α,β-unsaturated/α-hetero) is 1. The number of carbonyl (C=O) groups is 2. The van der Waals surface area contributed by atoms with E-state index in [2.05, 4.69) is 4.98 Å². The number of ketones is 1. The highest BCUT2D eigenvalue weighted by molar-refractivity contribution is 5.94. The van der Waals surface area contributed by atoms with Crippen LogP contribution in [0.5, 0.6) is 0 Å². The maximum atomic E-state index is 13.5. The highest BCUT2D eigenvalue weighted by Crippen LogP contribution is 2.21. The zero-order valence-corrected chi connectivity index (χ0v) is 10.2. The van der Waals surface area contributed by atoms with Gasteiger partial charge in [-0.2, -0.15) is 0 Å².